The Balaban J connectivity index is 1.38. The Morgan fingerprint density at radius 3 is 2.74 bits per heavy atom. The predicted molar refractivity (Wildman–Crippen MR) is 120 cm³/mol. The number of carbonyl (C=O) groups excluding carboxylic acids is 3. The van der Waals surface area contributed by atoms with E-state index >= 15 is 0 Å². The van der Waals surface area contributed by atoms with Gasteiger partial charge in [-0.25, -0.2) is 0 Å². The number of halogens is 1. The third kappa shape index (κ3) is 4.54. The molecule has 2 amide bonds. The largest absolute Gasteiger partial charge is 0.455 e. The number of esters is 1. The van der Waals surface area contributed by atoms with Crippen LogP contribution < -0.4 is 10.2 Å². The SMILES string of the molecule is Cc1ccc(Cl)cc1NC(=O)COC(=O)[C@@H]1CC(=O)N(c2cccc3ccccc23)C1. The van der Waals surface area contributed by atoms with Crippen molar-refractivity contribution in [2.45, 2.75) is 13.3 Å². The van der Waals surface area contributed by atoms with Crippen LogP contribution in [-0.4, -0.2) is 30.9 Å². The predicted octanol–water partition coefficient (Wildman–Crippen LogP) is 4.34. The maximum Gasteiger partial charge on any atom is 0.311 e. The molecule has 4 rings (SSSR count). The normalized spacial score (nSPS) is 15.9. The van der Waals surface area contributed by atoms with Crippen LogP contribution >= 0.6 is 11.6 Å². The van der Waals surface area contributed by atoms with Gasteiger partial charge in [-0.1, -0.05) is 54.1 Å². The van der Waals surface area contributed by atoms with Gasteiger partial charge in [0.2, 0.25) is 5.91 Å². The number of hydrogen-bond donors (Lipinski definition) is 1. The molecule has 3 aromatic carbocycles. The van der Waals surface area contributed by atoms with Gasteiger partial charge < -0.3 is 15.0 Å². The highest BCUT2D eigenvalue weighted by Gasteiger charge is 2.36. The molecule has 1 N–H and O–H groups in total. The van der Waals surface area contributed by atoms with E-state index in [1.165, 1.54) is 0 Å². The molecule has 0 bridgehead atoms. The van der Waals surface area contributed by atoms with Gasteiger partial charge in [0, 0.05) is 29.1 Å². The van der Waals surface area contributed by atoms with Crippen molar-refractivity contribution in [3.8, 4) is 0 Å². The van der Waals surface area contributed by atoms with Crippen LogP contribution in [0.25, 0.3) is 10.8 Å². The minimum Gasteiger partial charge on any atom is -0.455 e. The Hall–Kier alpha value is -3.38. The lowest BCUT2D eigenvalue weighted by atomic mass is 10.1. The Bertz CT molecular complexity index is 1170. The van der Waals surface area contributed by atoms with Crippen molar-refractivity contribution in [2.75, 3.05) is 23.4 Å². The average Bonchev–Trinajstić information content (AvgIpc) is 3.15. The number of anilines is 2. The van der Waals surface area contributed by atoms with Crippen molar-refractivity contribution in [1.29, 1.82) is 0 Å². The third-order valence-electron chi connectivity index (χ3n) is 5.34. The maximum atomic E-state index is 12.6. The molecule has 1 aliphatic heterocycles. The van der Waals surface area contributed by atoms with E-state index in [4.69, 9.17) is 16.3 Å². The standard InChI is InChI=1S/C24H21ClN2O4/c1-15-9-10-18(25)12-20(15)26-22(28)14-31-24(30)17-11-23(29)27(13-17)21-8-4-6-16-5-2-3-7-19(16)21/h2-10,12,17H,11,13-14H2,1H3,(H,26,28)/t17-/m1/s1. The second-order valence-electron chi connectivity index (χ2n) is 7.52. The summed E-state index contributed by atoms with van der Waals surface area (Å²) in [6.07, 6.45) is 0.0527. The molecule has 0 unspecified atom stereocenters. The molecule has 1 aliphatic rings. The molecule has 1 fully saturated rings. The number of benzene rings is 3. The Morgan fingerprint density at radius 1 is 1.13 bits per heavy atom. The number of ether oxygens (including phenoxy) is 1. The number of amides is 2. The summed E-state index contributed by atoms with van der Waals surface area (Å²) in [5.41, 5.74) is 2.18. The number of nitrogens with one attached hydrogen (secondary N) is 1. The van der Waals surface area contributed by atoms with Crippen LogP contribution in [0.5, 0.6) is 0 Å². The monoisotopic (exact) mass is 436 g/mol. The summed E-state index contributed by atoms with van der Waals surface area (Å²) in [6.45, 7) is 1.63. The fourth-order valence-corrected chi connectivity index (χ4v) is 3.88. The second-order valence-corrected chi connectivity index (χ2v) is 7.96. The molecule has 0 aromatic heterocycles. The van der Waals surface area contributed by atoms with Crippen molar-refractivity contribution < 1.29 is 19.1 Å². The number of rotatable bonds is 5. The lowest BCUT2D eigenvalue weighted by Gasteiger charge is -2.18. The van der Waals surface area contributed by atoms with E-state index < -0.39 is 24.4 Å². The minimum absolute atomic E-state index is 0.0527. The number of aryl methyl sites for hydroxylation is 1. The molecule has 7 heteroatoms. The van der Waals surface area contributed by atoms with Crippen LogP contribution in [0.1, 0.15) is 12.0 Å². The van der Waals surface area contributed by atoms with E-state index in [1.807, 2.05) is 49.4 Å². The molecule has 1 heterocycles. The molecule has 0 aliphatic carbocycles. The van der Waals surface area contributed by atoms with Crippen LogP contribution in [0.3, 0.4) is 0 Å². The summed E-state index contributed by atoms with van der Waals surface area (Å²) >= 11 is 5.95. The van der Waals surface area contributed by atoms with E-state index in [1.54, 1.807) is 23.1 Å². The number of carbonyl (C=O) groups is 3. The summed E-state index contributed by atoms with van der Waals surface area (Å²) in [5.74, 6) is -1.78. The van der Waals surface area contributed by atoms with Gasteiger partial charge in [-0.3, -0.25) is 14.4 Å². The zero-order valence-electron chi connectivity index (χ0n) is 16.9. The highest BCUT2D eigenvalue weighted by atomic mass is 35.5. The van der Waals surface area contributed by atoms with Gasteiger partial charge in [-0.15, -0.1) is 0 Å². The number of fused-ring (bicyclic) bond motifs is 1. The number of hydrogen-bond acceptors (Lipinski definition) is 4. The van der Waals surface area contributed by atoms with Crippen molar-refractivity contribution in [3.63, 3.8) is 0 Å². The summed E-state index contributed by atoms with van der Waals surface area (Å²) < 4.78 is 5.19. The van der Waals surface area contributed by atoms with Gasteiger partial charge in [0.1, 0.15) is 0 Å². The zero-order chi connectivity index (χ0) is 22.0. The van der Waals surface area contributed by atoms with E-state index in [2.05, 4.69) is 5.32 Å². The van der Waals surface area contributed by atoms with Crippen LogP contribution in [0.4, 0.5) is 11.4 Å². The fraction of sp³-hybridized carbons (Fsp3) is 0.208. The third-order valence-corrected chi connectivity index (χ3v) is 5.57. The molecule has 0 saturated carbocycles. The van der Waals surface area contributed by atoms with Crippen molar-refractivity contribution in [1.82, 2.24) is 0 Å². The smallest absolute Gasteiger partial charge is 0.311 e. The lowest BCUT2D eigenvalue weighted by Crippen LogP contribution is -2.28. The number of nitrogens with zero attached hydrogens (tertiary/aromatic N) is 1. The van der Waals surface area contributed by atoms with Crippen molar-refractivity contribution >= 4 is 51.5 Å². The average molecular weight is 437 g/mol. The van der Waals surface area contributed by atoms with Crippen LogP contribution in [-0.2, 0) is 19.1 Å². The first-order valence-corrected chi connectivity index (χ1v) is 10.3. The Labute approximate surface area is 184 Å². The molecular formula is C24H21ClN2O4. The van der Waals surface area contributed by atoms with Crippen molar-refractivity contribution in [2.24, 2.45) is 5.92 Å². The van der Waals surface area contributed by atoms with E-state index in [-0.39, 0.29) is 18.9 Å². The van der Waals surface area contributed by atoms with Gasteiger partial charge in [0.25, 0.3) is 5.91 Å². The van der Waals surface area contributed by atoms with Gasteiger partial charge in [-0.05, 0) is 36.1 Å². The van der Waals surface area contributed by atoms with Crippen molar-refractivity contribution in [3.05, 3.63) is 71.2 Å². The van der Waals surface area contributed by atoms with Gasteiger partial charge in [0.05, 0.1) is 11.6 Å². The maximum absolute atomic E-state index is 12.6. The van der Waals surface area contributed by atoms with Crippen LogP contribution in [0.15, 0.2) is 60.7 Å². The molecule has 31 heavy (non-hydrogen) atoms. The molecule has 3 aromatic rings. The van der Waals surface area contributed by atoms with E-state index in [0.29, 0.717) is 10.7 Å². The highest BCUT2D eigenvalue weighted by molar-refractivity contribution is 6.31. The summed E-state index contributed by atoms with van der Waals surface area (Å²) in [4.78, 5) is 38.9. The fourth-order valence-electron chi connectivity index (χ4n) is 3.71. The molecule has 1 atom stereocenters. The first kappa shape index (κ1) is 20.9. The van der Waals surface area contributed by atoms with Gasteiger partial charge in [0.15, 0.2) is 6.61 Å². The van der Waals surface area contributed by atoms with Gasteiger partial charge in [-0.2, -0.15) is 0 Å². The van der Waals surface area contributed by atoms with Gasteiger partial charge >= 0.3 is 5.97 Å². The minimum atomic E-state index is -0.618. The Kier molecular flexibility index (Phi) is 5.91. The summed E-state index contributed by atoms with van der Waals surface area (Å²) in [6, 6.07) is 18.7. The van der Waals surface area contributed by atoms with E-state index in [9.17, 15) is 14.4 Å². The Morgan fingerprint density at radius 2 is 1.90 bits per heavy atom. The first-order chi connectivity index (χ1) is 14.9. The topological polar surface area (TPSA) is 75.7 Å². The van der Waals surface area contributed by atoms with Crippen LogP contribution in [0, 0.1) is 12.8 Å². The molecule has 0 spiro atoms. The molecule has 0 radical (unpaired) electrons. The highest BCUT2D eigenvalue weighted by Crippen LogP contribution is 2.32. The first-order valence-electron chi connectivity index (χ1n) is 9.93. The summed E-state index contributed by atoms with van der Waals surface area (Å²) in [7, 11) is 0. The zero-order valence-corrected chi connectivity index (χ0v) is 17.7. The molecule has 158 valence electrons. The quantitative estimate of drug-likeness (QED) is 0.604. The summed E-state index contributed by atoms with van der Waals surface area (Å²) in [5, 5.41) is 5.15. The van der Waals surface area contributed by atoms with Crippen LogP contribution in [0.2, 0.25) is 5.02 Å². The lowest BCUT2D eigenvalue weighted by molar-refractivity contribution is -0.151. The van der Waals surface area contributed by atoms with E-state index in [0.717, 1.165) is 22.0 Å². The second kappa shape index (κ2) is 8.78. The molecule has 6 nitrogen and oxygen atoms in total. The molecular weight excluding hydrogens is 416 g/mol. The molecule has 1 saturated heterocycles.